The van der Waals surface area contributed by atoms with Gasteiger partial charge in [-0.2, -0.15) is 0 Å². The van der Waals surface area contributed by atoms with Crippen LogP contribution in [0.1, 0.15) is 10.4 Å². The minimum atomic E-state index is -0.340. The summed E-state index contributed by atoms with van der Waals surface area (Å²) >= 11 is 6.04. The number of amides is 1. The van der Waals surface area contributed by atoms with Crippen LogP contribution in [0.15, 0.2) is 6.20 Å². The van der Waals surface area contributed by atoms with Crippen molar-refractivity contribution in [2.75, 3.05) is 12.4 Å². The first-order valence-corrected chi connectivity index (χ1v) is 5.77. The fourth-order valence-electron chi connectivity index (χ4n) is 1.22. The number of hydrogen-bond acceptors (Lipinski definition) is 6. The van der Waals surface area contributed by atoms with Gasteiger partial charge < -0.3 is 4.74 Å². The van der Waals surface area contributed by atoms with Crippen LogP contribution in [0.2, 0.25) is 0 Å². The molecule has 0 unspecified atom stereocenters. The average Bonchev–Trinajstić information content (AvgIpc) is 2.84. The summed E-state index contributed by atoms with van der Waals surface area (Å²) < 4.78 is 6.99. The predicted octanol–water partition coefficient (Wildman–Crippen LogP) is 1.20. The average molecular weight is 271 g/mol. The summed E-state index contributed by atoms with van der Waals surface area (Å²) in [5.74, 6) is -0.0724. The zero-order valence-corrected chi connectivity index (χ0v) is 10.7. The maximum atomic E-state index is 11.9. The van der Waals surface area contributed by atoms with Crippen molar-refractivity contribution >= 4 is 34.6 Å². The highest BCUT2D eigenvalue weighted by molar-refractivity contribution is 7.73. The van der Waals surface area contributed by atoms with Gasteiger partial charge in [0.25, 0.3) is 5.91 Å². The number of aromatic amines is 1. The molecule has 2 heterocycles. The Morgan fingerprint density at radius 3 is 3.06 bits per heavy atom. The van der Waals surface area contributed by atoms with Gasteiger partial charge in [-0.25, -0.2) is 0 Å². The minimum absolute atomic E-state index is 0.268. The first kappa shape index (κ1) is 11.7. The molecule has 0 fully saturated rings. The van der Waals surface area contributed by atoms with Gasteiger partial charge in [-0.15, -0.1) is 10.2 Å². The highest BCUT2D eigenvalue weighted by atomic mass is 32.1. The summed E-state index contributed by atoms with van der Waals surface area (Å²) in [5, 5.41) is 13.4. The number of anilines is 1. The second-order valence-corrected chi connectivity index (χ2v) is 4.76. The molecule has 2 aromatic rings. The topological polar surface area (TPSA) is 84.8 Å². The molecule has 0 saturated heterocycles. The molecule has 0 aliphatic heterocycles. The van der Waals surface area contributed by atoms with Crippen molar-refractivity contribution in [1.29, 1.82) is 0 Å². The van der Waals surface area contributed by atoms with Gasteiger partial charge in [0.15, 0.2) is 3.95 Å². The van der Waals surface area contributed by atoms with E-state index in [1.165, 1.54) is 23.1 Å². The maximum absolute atomic E-state index is 11.9. The van der Waals surface area contributed by atoms with Gasteiger partial charge in [0.1, 0.15) is 5.56 Å². The normalized spacial score (nSPS) is 10.2. The van der Waals surface area contributed by atoms with Crippen molar-refractivity contribution in [3.63, 3.8) is 0 Å². The summed E-state index contributed by atoms with van der Waals surface area (Å²) in [4.78, 5) is 11.9. The van der Waals surface area contributed by atoms with Crippen molar-refractivity contribution in [2.24, 2.45) is 7.05 Å². The standard InChI is InChI=1S/C8H9N5O2S2/c1-13-3-4(6(12-13)15-2)5(14)9-7-10-11-8(16)17-7/h3H,1-2H3,(H,11,16)(H,9,10,14). The fourth-order valence-corrected chi connectivity index (χ4v) is 2.01. The van der Waals surface area contributed by atoms with Gasteiger partial charge in [0, 0.05) is 13.2 Å². The number of methoxy groups -OCH3 is 1. The molecule has 0 atom stereocenters. The number of nitrogens with zero attached hydrogens (tertiary/aromatic N) is 3. The van der Waals surface area contributed by atoms with E-state index in [1.807, 2.05) is 0 Å². The molecule has 90 valence electrons. The number of carbonyl (C=O) groups excluding carboxylic acids is 1. The molecule has 2 rings (SSSR count). The van der Waals surface area contributed by atoms with Gasteiger partial charge in [0.2, 0.25) is 11.0 Å². The van der Waals surface area contributed by atoms with E-state index < -0.39 is 0 Å². The first-order chi connectivity index (χ1) is 8.10. The van der Waals surface area contributed by atoms with Gasteiger partial charge in [0.05, 0.1) is 7.11 Å². The lowest BCUT2D eigenvalue weighted by Gasteiger charge is -1.99. The van der Waals surface area contributed by atoms with Crippen molar-refractivity contribution < 1.29 is 9.53 Å². The summed E-state index contributed by atoms with van der Waals surface area (Å²) in [6.07, 6.45) is 1.57. The van der Waals surface area contributed by atoms with Gasteiger partial charge in [-0.3, -0.25) is 19.9 Å². The molecule has 2 aromatic heterocycles. The monoisotopic (exact) mass is 271 g/mol. The molecule has 0 saturated carbocycles. The first-order valence-electron chi connectivity index (χ1n) is 4.54. The van der Waals surface area contributed by atoms with E-state index in [1.54, 1.807) is 13.2 Å². The van der Waals surface area contributed by atoms with Crippen LogP contribution >= 0.6 is 23.6 Å². The highest BCUT2D eigenvalue weighted by Gasteiger charge is 2.17. The zero-order chi connectivity index (χ0) is 12.4. The Hall–Kier alpha value is -1.74. The fraction of sp³-hybridized carbons (Fsp3) is 0.250. The van der Waals surface area contributed by atoms with Crippen LogP contribution in [0, 0.1) is 3.95 Å². The lowest BCUT2D eigenvalue weighted by atomic mass is 10.3. The summed E-state index contributed by atoms with van der Waals surface area (Å²) in [7, 11) is 3.16. The Morgan fingerprint density at radius 1 is 1.71 bits per heavy atom. The number of hydrogen-bond donors (Lipinski definition) is 2. The van der Waals surface area contributed by atoms with E-state index in [0.717, 1.165) is 0 Å². The van der Waals surface area contributed by atoms with E-state index in [-0.39, 0.29) is 11.8 Å². The smallest absolute Gasteiger partial charge is 0.264 e. The van der Waals surface area contributed by atoms with Crippen LogP contribution in [0.5, 0.6) is 5.88 Å². The Morgan fingerprint density at radius 2 is 2.47 bits per heavy atom. The minimum Gasteiger partial charge on any atom is -0.479 e. The molecular formula is C8H9N5O2S2. The quantitative estimate of drug-likeness (QED) is 0.819. The van der Waals surface area contributed by atoms with Crippen molar-refractivity contribution in [2.45, 2.75) is 0 Å². The number of rotatable bonds is 3. The molecule has 0 bridgehead atoms. The van der Waals surface area contributed by atoms with Crippen LogP contribution in [-0.4, -0.2) is 33.0 Å². The largest absolute Gasteiger partial charge is 0.479 e. The lowest BCUT2D eigenvalue weighted by Crippen LogP contribution is -2.12. The Balaban J connectivity index is 2.22. The number of aryl methyl sites for hydroxylation is 1. The third-order valence-electron chi connectivity index (χ3n) is 1.89. The zero-order valence-electron chi connectivity index (χ0n) is 9.05. The lowest BCUT2D eigenvalue weighted by molar-refractivity contribution is 0.102. The number of carbonyl (C=O) groups is 1. The van der Waals surface area contributed by atoms with Gasteiger partial charge in [-0.05, 0) is 12.2 Å². The molecule has 2 N–H and O–H groups in total. The molecule has 17 heavy (non-hydrogen) atoms. The molecule has 1 amide bonds. The SMILES string of the molecule is COc1nn(C)cc1C(=O)Nc1n[nH]c(=S)s1. The number of aromatic nitrogens is 4. The van der Waals surface area contributed by atoms with E-state index in [2.05, 4.69) is 20.6 Å². The Bertz CT molecular complexity index is 599. The molecule has 0 radical (unpaired) electrons. The highest BCUT2D eigenvalue weighted by Crippen LogP contribution is 2.18. The maximum Gasteiger partial charge on any atom is 0.264 e. The second kappa shape index (κ2) is 4.63. The van der Waals surface area contributed by atoms with E-state index in [9.17, 15) is 4.79 Å². The molecule has 0 aromatic carbocycles. The molecule has 7 nitrogen and oxygen atoms in total. The number of ether oxygens (including phenoxy) is 1. The molecule has 9 heteroatoms. The van der Waals surface area contributed by atoms with E-state index in [0.29, 0.717) is 14.6 Å². The summed E-state index contributed by atoms with van der Waals surface area (Å²) in [6.45, 7) is 0. The van der Waals surface area contributed by atoms with Crippen molar-refractivity contribution in [3.05, 3.63) is 15.7 Å². The van der Waals surface area contributed by atoms with Gasteiger partial charge >= 0.3 is 0 Å². The van der Waals surface area contributed by atoms with Gasteiger partial charge in [-0.1, -0.05) is 11.3 Å². The predicted molar refractivity (Wildman–Crippen MR) is 65.0 cm³/mol. The van der Waals surface area contributed by atoms with Crippen LogP contribution < -0.4 is 10.1 Å². The third kappa shape index (κ3) is 2.50. The third-order valence-corrected chi connectivity index (χ3v) is 2.90. The molecular weight excluding hydrogens is 262 g/mol. The Kier molecular flexibility index (Phi) is 3.20. The summed E-state index contributed by atoms with van der Waals surface area (Å²) in [6, 6.07) is 0. The molecule has 0 aliphatic rings. The van der Waals surface area contributed by atoms with Crippen LogP contribution in [0.4, 0.5) is 5.13 Å². The molecule has 0 spiro atoms. The molecule has 0 aliphatic carbocycles. The van der Waals surface area contributed by atoms with E-state index >= 15 is 0 Å². The van der Waals surface area contributed by atoms with E-state index in [4.69, 9.17) is 17.0 Å². The van der Waals surface area contributed by atoms with Crippen LogP contribution in [0.25, 0.3) is 0 Å². The number of nitrogens with one attached hydrogen (secondary N) is 2. The Labute approximate surface area is 105 Å². The number of H-pyrrole nitrogens is 1. The summed E-state index contributed by atoms with van der Waals surface area (Å²) in [5.41, 5.74) is 0.344. The van der Waals surface area contributed by atoms with Crippen LogP contribution in [-0.2, 0) is 7.05 Å². The van der Waals surface area contributed by atoms with Crippen molar-refractivity contribution in [3.8, 4) is 5.88 Å². The second-order valence-electron chi connectivity index (χ2n) is 3.10. The van der Waals surface area contributed by atoms with Crippen LogP contribution in [0.3, 0.4) is 0 Å². The van der Waals surface area contributed by atoms with Crippen molar-refractivity contribution in [1.82, 2.24) is 20.0 Å².